The lowest BCUT2D eigenvalue weighted by molar-refractivity contribution is -0.172. The minimum absolute atomic E-state index is 0.0871. The second-order valence-electron chi connectivity index (χ2n) is 17.2. The van der Waals surface area contributed by atoms with Gasteiger partial charge in [-0.2, -0.15) is 5.26 Å². The summed E-state index contributed by atoms with van der Waals surface area (Å²) in [7, 11) is 2.16. The Morgan fingerprint density at radius 1 is 0.952 bits per heavy atom. The van der Waals surface area contributed by atoms with Gasteiger partial charge in [0.15, 0.2) is 5.78 Å². The maximum Gasteiger partial charge on any atom is 0.229 e. The van der Waals surface area contributed by atoms with Gasteiger partial charge in [-0.25, -0.2) is 0 Å². The van der Waals surface area contributed by atoms with Crippen LogP contribution in [-0.4, -0.2) is 66.0 Å². The van der Waals surface area contributed by atoms with E-state index in [-0.39, 0.29) is 55.6 Å². The van der Waals surface area contributed by atoms with E-state index >= 15 is 0 Å². The Hall–Kier alpha value is -2.26. The van der Waals surface area contributed by atoms with E-state index in [1.807, 2.05) is 0 Å². The number of aliphatic imine (C=N–C) groups is 1. The van der Waals surface area contributed by atoms with E-state index in [1.54, 1.807) is 0 Å². The summed E-state index contributed by atoms with van der Waals surface area (Å²) in [5.41, 5.74) is 1.76. The average Bonchev–Trinajstić information content (AvgIpc) is 3.87. The number of rotatable bonds is 1. The first-order valence-corrected chi connectivity index (χ1v) is 16.7. The van der Waals surface area contributed by atoms with Crippen molar-refractivity contribution in [2.75, 3.05) is 33.2 Å². The number of hydrogen-bond acceptors (Lipinski definition) is 5. The lowest BCUT2D eigenvalue weighted by atomic mass is 9.34. The van der Waals surface area contributed by atoms with Crippen molar-refractivity contribution in [3.8, 4) is 6.07 Å². The van der Waals surface area contributed by atoms with Crippen LogP contribution >= 0.6 is 0 Å². The standard InChI is InChI=1S/C36H48N4O2/c1-30(2)9-11-35(29(42)40-17-15-39(6)16-18-40)12-10-33(5)32(4)8-7-24-31(3,20-23(22-37)28(41)34(24)13-14-34)25(32)19-27-36(33,38-27)26(35)21-30/h19-20,24,26H,7-18,21H2,1-6H3/t24-,26?,31+,32-,33+,35+,36-/m1/s1. The SMILES string of the molecule is CN1CCN(C(=O)[C@]23CCC(C)(C)CC2[C@@]24N=C2C=C2[C@@]5(C)C=C(C#N)C(=O)C6(CC6)[C@@H]5CC[C@@]2(C)[C@]4(C)CC3)CC1. The van der Waals surface area contributed by atoms with Crippen LogP contribution in [0, 0.1) is 55.7 Å². The summed E-state index contributed by atoms with van der Waals surface area (Å²) in [6.45, 7) is 15.7. The van der Waals surface area contributed by atoms with Crippen molar-refractivity contribution in [2.24, 2.45) is 49.3 Å². The zero-order valence-corrected chi connectivity index (χ0v) is 26.6. The lowest BCUT2D eigenvalue weighted by Crippen LogP contribution is -2.70. The fourth-order valence-corrected chi connectivity index (χ4v) is 12.1. The molecule has 224 valence electrons. The van der Waals surface area contributed by atoms with E-state index in [1.165, 1.54) is 11.3 Å². The van der Waals surface area contributed by atoms with Gasteiger partial charge in [-0.15, -0.1) is 0 Å². The topological polar surface area (TPSA) is 76.8 Å². The molecule has 6 aliphatic carbocycles. The van der Waals surface area contributed by atoms with Crippen molar-refractivity contribution in [3.05, 3.63) is 23.3 Å². The van der Waals surface area contributed by atoms with Crippen LogP contribution in [0.1, 0.15) is 92.4 Å². The van der Waals surface area contributed by atoms with Crippen molar-refractivity contribution >= 4 is 17.4 Å². The summed E-state index contributed by atoms with van der Waals surface area (Å²) in [6.07, 6.45) is 13.5. The number of allylic oxidation sites excluding steroid dienone is 3. The Morgan fingerprint density at radius 2 is 1.64 bits per heavy atom. The minimum atomic E-state index is -0.332. The van der Waals surface area contributed by atoms with E-state index in [0.29, 0.717) is 11.5 Å². The van der Waals surface area contributed by atoms with Crippen molar-refractivity contribution in [2.45, 2.75) is 97.9 Å². The van der Waals surface area contributed by atoms with E-state index in [9.17, 15) is 14.9 Å². The third-order valence-electron chi connectivity index (χ3n) is 15.0. The molecule has 0 radical (unpaired) electrons. The molecule has 1 saturated heterocycles. The van der Waals surface area contributed by atoms with Gasteiger partial charge >= 0.3 is 0 Å². The molecule has 4 saturated carbocycles. The highest BCUT2D eigenvalue weighted by Crippen LogP contribution is 2.80. The fourth-order valence-electron chi connectivity index (χ4n) is 12.1. The highest BCUT2D eigenvalue weighted by molar-refractivity contribution is 6.17. The first-order chi connectivity index (χ1) is 19.7. The summed E-state index contributed by atoms with van der Waals surface area (Å²) < 4.78 is 0. The van der Waals surface area contributed by atoms with E-state index < -0.39 is 0 Å². The van der Waals surface area contributed by atoms with Crippen molar-refractivity contribution in [3.63, 3.8) is 0 Å². The molecule has 8 rings (SSSR count). The molecule has 5 fully saturated rings. The molecule has 0 bridgehead atoms. The van der Waals surface area contributed by atoms with Crippen molar-refractivity contribution in [1.29, 1.82) is 5.26 Å². The monoisotopic (exact) mass is 568 g/mol. The van der Waals surface area contributed by atoms with Crippen molar-refractivity contribution in [1.82, 2.24) is 9.80 Å². The molecule has 2 spiro atoms. The molecule has 1 amide bonds. The molecule has 0 N–H and O–H groups in total. The third-order valence-corrected chi connectivity index (χ3v) is 15.0. The maximum absolute atomic E-state index is 14.7. The maximum atomic E-state index is 14.7. The number of likely N-dealkylation sites (N-methyl/N-ethyl adjacent to an activating group) is 1. The minimum Gasteiger partial charge on any atom is -0.340 e. The van der Waals surface area contributed by atoms with Gasteiger partial charge < -0.3 is 9.80 Å². The van der Waals surface area contributed by atoms with Crippen LogP contribution in [0.2, 0.25) is 0 Å². The second kappa shape index (κ2) is 7.87. The van der Waals surface area contributed by atoms with Crippen LogP contribution < -0.4 is 0 Å². The number of carbonyl (C=O) groups excluding carboxylic acids is 2. The molecule has 7 atom stereocenters. The molecule has 1 unspecified atom stereocenters. The summed E-state index contributed by atoms with van der Waals surface area (Å²) in [5.74, 6) is 1.00. The number of carbonyl (C=O) groups is 2. The third kappa shape index (κ3) is 2.94. The Balaban J connectivity index is 1.25. The zero-order chi connectivity index (χ0) is 29.7. The Labute approximate surface area is 251 Å². The number of Topliss-reactive ketones (excluding diaryl/α,β-unsaturated/α-hetero) is 1. The van der Waals surface area contributed by atoms with E-state index in [4.69, 9.17) is 4.99 Å². The molecule has 6 nitrogen and oxygen atoms in total. The normalized spacial score (nSPS) is 47.8. The zero-order valence-electron chi connectivity index (χ0n) is 26.6. The lowest BCUT2D eigenvalue weighted by Gasteiger charge is -2.69. The van der Waals surface area contributed by atoms with E-state index in [2.05, 4.69) is 69.7 Å². The first-order valence-electron chi connectivity index (χ1n) is 16.7. The van der Waals surface area contributed by atoms with Gasteiger partial charge in [0.2, 0.25) is 5.91 Å². The van der Waals surface area contributed by atoms with Gasteiger partial charge in [-0.1, -0.05) is 46.3 Å². The van der Waals surface area contributed by atoms with Gasteiger partial charge in [-0.3, -0.25) is 14.6 Å². The quantitative estimate of drug-likeness (QED) is 0.404. The molecule has 0 aromatic rings. The number of nitriles is 1. The van der Waals surface area contributed by atoms with Crippen LogP contribution in [0.25, 0.3) is 0 Å². The van der Waals surface area contributed by atoms with Crippen LogP contribution in [0.4, 0.5) is 0 Å². The molecule has 0 aromatic carbocycles. The molecular formula is C36H48N4O2. The Morgan fingerprint density at radius 3 is 2.31 bits per heavy atom. The Kier molecular flexibility index (Phi) is 5.11. The number of fused-ring (bicyclic) bond motifs is 6. The number of amides is 1. The summed E-state index contributed by atoms with van der Waals surface area (Å²) in [4.78, 5) is 38.3. The second-order valence-corrected chi connectivity index (χ2v) is 17.2. The summed E-state index contributed by atoms with van der Waals surface area (Å²) in [5, 5.41) is 10.0. The predicted molar refractivity (Wildman–Crippen MR) is 163 cm³/mol. The van der Waals surface area contributed by atoms with Gasteiger partial charge in [-0.05, 0) is 87.7 Å². The molecule has 42 heavy (non-hydrogen) atoms. The van der Waals surface area contributed by atoms with Gasteiger partial charge in [0, 0.05) is 48.3 Å². The number of piperazine rings is 1. The largest absolute Gasteiger partial charge is 0.340 e. The predicted octanol–water partition coefficient (Wildman–Crippen LogP) is 5.74. The fraction of sp³-hybridized carbons (Fsp3) is 0.778. The number of hydrogen-bond donors (Lipinski definition) is 0. The van der Waals surface area contributed by atoms with E-state index in [0.717, 1.165) is 84.0 Å². The van der Waals surface area contributed by atoms with Crippen LogP contribution in [0.3, 0.4) is 0 Å². The number of nitrogens with zero attached hydrogens (tertiary/aromatic N) is 4. The van der Waals surface area contributed by atoms with Crippen LogP contribution in [0.5, 0.6) is 0 Å². The smallest absolute Gasteiger partial charge is 0.229 e. The number of ketones is 1. The highest BCUT2D eigenvalue weighted by Gasteiger charge is 2.81. The highest BCUT2D eigenvalue weighted by atomic mass is 16.2. The van der Waals surface area contributed by atoms with Gasteiger partial charge in [0.1, 0.15) is 11.6 Å². The molecule has 6 heteroatoms. The summed E-state index contributed by atoms with van der Waals surface area (Å²) >= 11 is 0. The van der Waals surface area contributed by atoms with Gasteiger partial charge in [0.25, 0.3) is 0 Å². The van der Waals surface area contributed by atoms with Gasteiger partial charge in [0.05, 0.1) is 16.7 Å². The van der Waals surface area contributed by atoms with Crippen LogP contribution in [-0.2, 0) is 9.59 Å². The Bertz CT molecular complexity index is 1450. The van der Waals surface area contributed by atoms with Crippen molar-refractivity contribution < 1.29 is 9.59 Å². The molecular weight excluding hydrogens is 520 g/mol. The first kappa shape index (κ1) is 27.3. The summed E-state index contributed by atoms with van der Waals surface area (Å²) in [6, 6.07) is 2.31. The average molecular weight is 569 g/mol. The van der Waals surface area contributed by atoms with Crippen LogP contribution in [0.15, 0.2) is 28.3 Å². The molecule has 2 aliphatic heterocycles. The molecule has 2 heterocycles. The molecule has 8 aliphatic rings. The molecule has 0 aromatic heterocycles.